The van der Waals surface area contributed by atoms with Crippen molar-refractivity contribution in [3.8, 4) is 0 Å². The van der Waals surface area contributed by atoms with Crippen molar-refractivity contribution < 1.29 is 13.2 Å². The third-order valence-electron chi connectivity index (χ3n) is 3.94. The van der Waals surface area contributed by atoms with E-state index in [1.54, 1.807) is 47.5 Å². The molecule has 0 radical (unpaired) electrons. The Bertz CT molecular complexity index is 861. The molecule has 0 aliphatic carbocycles. The molecule has 0 fully saturated rings. The summed E-state index contributed by atoms with van der Waals surface area (Å²) in [6.07, 6.45) is 0. The van der Waals surface area contributed by atoms with Crippen molar-refractivity contribution in [2.75, 3.05) is 7.05 Å². The summed E-state index contributed by atoms with van der Waals surface area (Å²) in [6, 6.07) is 9.62. The molecule has 0 saturated carbocycles. The molecule has 0 aliphatic heterocycles. The van der Waals surface area contributed by atoms with Crippen molar-refractivity contribution in [3.05, 3.63) is 50.6 Å². The molecule has 2 aromatic rings. The Balaban J connectivity index is 2.16. The number of halogens is 1. The predicted molar refractivity (Wildman–Crippen MR) is 109 cm³/mol. The highest BCUT2D eigenvalue weighted by Gasteiger charge is 2.30. The Morgan fingerprint density at radius 2 is 1.81 bits per heavy atom. The zero-order valence-corrected chi connectivity index (χ0v) is 18.4. The standard InChI is InChI=1S/C18H23BrN2O3S2/c1-12(2)17(18(22)21(4)11-14-7-10-16(19)25-14)20-26(23,24)15-8-5-13(3)6-9-15/h5-10,12,17,20H,11H2,1-4H3/t17-/m0/s1. The Hall–Kier alpha value is -1.22. The molecule has 0 spiro atoms. The number of sulfonamides is 1. The van der Waals surface area contributed by atoms with Crippen molar-refractivity contribution in [3.63, 3.8) is 0 Å². The number of likely N-dealkylation sites (N-methyl/N-ethyl adjacent to an activating group) is 1. The third-order valence-corrected chi connectivity index (χ3v) is 7.01. The number of nitrogens with one attached hydrogen (secondary N) is 1. The van der Waals surface area contributed by atoms with Gasteiger partial charge in [0.25, 0.3) is 0 Å². The van der Waals surface area contributed by atoms with Gasteiger partial charge in [-0.15, -0.1) is 11.3 Å². The van der Waals surface area contributed by atoms with Crippen LogP contribution in [0.3, 0.4) is 0 Å². The van der Waals surface area contributed by atoms with E-state index in [2.05, 4.69) is 20.7 Å². The van der Waals surface area contributed by atoms with Gasteiger partial charge in [-0.1, -0.05) is 31.5 Å². The molecule has 0 bridgehead atoms. The average molecular weight is 459 g/mol. The largest absolute Gasteiger partial charge is 0.339 e. The molecule has 1 aromatic carbocycles. The van der Waals surface area contributed by atoms with Crippen LogP contribution in [-0.2, 0) is 21.4 Å². The number of carbonyl (C=O) groups is 1. The van der Waals surface area contributed by atoms with Gasteiger partial charge in [-0.25, -0.2) is 8.42 Å². The van der Waals surface area contributed by atoms with Crippen LogP contribution in [0.2, 0.25) is 0 Å². The van der Waals surface area contributed by atoms with E-state index in [1.807, 2.05) is 32.9 Å². The van der Waals surface area contributed by atoms with E-state index in [-0.39, 0.29) is 16.7 Å². The van der Waals surface area contributed by atoms with E-state index in [4.69, 9.17) is 0 Å². The highest BCUT2D eigenvalue weighted by molar-refractivity contribution is 9.11. The molecule has 26 heavy (non-hydrogen) atoms. The van der Waals surface area contributed by atoms with Crippen LogP contribution in [0.1, 0.15) is 24.3 Å². The summed E-state index contributed by atoms with van der Waals surface area (Å²) in [5.41, 5.74) is 0.974. The van der Waals surface area contributed by atoms with Gasteiger partial charge in [0.05, 0.1) is 15.2 Å². The lowest BCUT2D eigenvalue weighted by molar-refractivity contribution is -0.133. The van der Waals surface area contributed by atoms with E-state index in [9.17, 15) is 13.2 Å². The molecule has 142 valence electrons. The summed E-state index contributed by atoms with van der Waals surface area (Å²) >= 11 is 4.95. The fourth-order valence-corrected chi connectivity index (χ4v) is 5.28. The molecule has 0 saturated heterocycles. The second kappa shape index (κ2) is 8.65. The lowest BCUT2D eigenvalue weighted by atomic mass is 10.0. The van der Waals surface area contributed by atoms with Gasteiger partial charge < -0.3 is 4.90 Å². The zero-order chi connectivity index (χ0) is 19.5. The number of benzene rings is 1. The van der Waals surface area contributed by atoms with E-state index in [0.717, 1.165) is 14.2 Å². The number of thiophene rings is 1. The lowest BCUT2D eigenvalue weighted by Gasteiger charge is -2.26. The van der Waals surface area contributed by atoms with Crippen molar-refractivity contribution >= 4 is 43.2 Å². The van der Waals surface area contributed by atoms with Crippen molar-refractivity contribution in [2.24, 2.45) is 5.92 Å². The topological polar surface area (TPSA) is 66.5 Å². The molecule has 1 N–H and O–H groups in total. The lowest BCUT2D eigenvalue weighted by Crippen LogP contribution is -2.49. The SMILES string of the molecule is Cc1ccc(S(=O)(=O)N[C@H](C(=O)N(C)Cc2ccc(Br)s2)C(C)C)cc1. The minimum absolute atomic E-state index is 0.159. The van der Waals surface area contributed by atoms with Crippen LogP contribution in [-0.4, -0.2) is 32.3 Å². The molecule has 5 nitrogen and oxygen atoms in total. The number of nitrogens with zero attached hydrogens (tertiary/aromatic N) is 1. The second-order valence-electron chi connectivity index (χ2n) is 6.56. The number of hydrogen-bond acceptors (Lipinski definition) is 4. The first kappa shape index (κ1) is 21.1. The third kappa shape index (κ3) is 5.39. The van der Waals surface area contributed by atoms with Gasteiger partial charge in [0.15, 0.2) is 0 Å². The van der Waals surface area contributed by atoms with Crippen LogP contribution < -0.4 is 4.72 Å². The van der Waals surface area contributed by atoms with E-state index in [0.29, 0.717) is 6.54 Å². The van der Waals surface area contributed by atoms with Crippen LogP contribution in [0.4, 0.5) is 0 Å². The van der Waals surface area contributed by atoms with Crippen LogP contribution in [0.25, 0.3) is 0 Å². The number of carbonyl (C=O) groups excluding carboxylic acids is 1. The normalized spacial score (nSPS) is 13.0. The molecule has 1 amide bonds. The fraction of sp³-hybridized carbons (Fsp3) is 0.389. The summed E-state index contributed by atoms with van der Waals surface area (Å²) < 4.78 is 28.9. The first-order chi connectivity index (χ1) is 12.1. The van der Waals surface area contributed by atoms with Gasteiger partial charge in [-0.3, -0.25) is 4.79 Å². The highest BCUT2D eigenvalue weighted by Crippen LogP contribution is 2.23. The van der Waals surface area contributed by atoms with Crippen LogP contribution in [0.15, 0.2) is 45.1 Å². The monoisotopic (exact) mass is 458 g/mol. The predicted octanol–water partition coefficient (Wildman–Crippen LogP) is 3.78. The van der Waals surface area contributed by atoms with Gasteiger partial charge in [0, 0.05) is 11.9 Å². The summed E-state index contributed by atoms with van der Waals surface area (Å²) in [5.74, 6) is -0.430. The summed E-state index contributed by atoms with van der Waals surface area (Å²) in [5, 5.41) is 0. The maximum atomic E-state index is 12.9. The Morgan fingerprint density at radius 1 is 1.19 bits per heavy atom. The Morgan fingerprint density at radius 3 is 2.31 bits per heavy atom. The summed E-state index contributed by atoms with van der Waals surface area (Å²) in [6.45, 7) is 5.98. The van der Waals surface area contributed by atoms with Gasteiger partial charge in [0.2, 0.25) is 15.9 Å². The molecule has 1 heterocycles. The molecule has 0 aliphatic rings. The molecular weight excluding hydrogens is 436 g/mol. The summed E-state index contributed by atoms with van der Waals surface area (Å²) in [4.78, 5) is 15.6. The Labute approximate surface area is 167 Å². The minimum Gasteiger partial charge on any atom is -0.339 e. The zero-order valence-electron chi connectivity index (χ0n) is 15.2. The van der Waals surface area contributed by atoms with Gasteiger partial charge >= 0.3 is 0 Å². The number of aryl methyl sites for hydroxylation is 1. The van der Waals surface area contributed by atoms with E-state index >= 15 is 0 Å². The molecule has 0 unspecified atom stereocenters. The maximum absolute atomic E-state index is 12.9. The number of rotatable bonds is 7. The quantitative estimate of drug-likeness (QED) is 0.686. The molecule has 8 heteroatoms. The van der Waals surface area contributed by atoms with E-state index in [1.165, 1.54) is 0 Å². The van der Waals surface area contributed by atoms with Crippen LogP contribution in [0.5, 0.6) is 0 Å². The molecule has 1 atom stereocenters. The van der Waals surface area contributed by atoms with Crippen molar-refractivity contribution in [2.45, 2.75) is 38.3 Å². The fourth-order valence-electron chi connectivity index (χ4n) is 2.41. The van der Waals surface area contributed by atoms with Crippen molar-refractivity contribution in [1.29, 1.82) is 0 Å². The Kier molecular flexibility index (Phi) is 7.01. The average Bonchev–Trinajstić information content (AvgIpc) is 2.97. The van der Waals surface area contributed by atoms with E-state index < -0.39 is 16.1 Å². The molecule has 2 rings (SSSR count). The maximum Gasteiger partial charge on any atom is 0.241 e. The van der Waals surface area contributed by atoms with Gasteiger partial charge in [-0.05, 0) is 53.0 Å². The smallest absolute Gasteiger partial charge is 0.241 e. The number of amides is 1. The summed E-state index contributed by atoms with van der Waals surface area (Å²) in [7, 11) is -2.08. The van der Waals surface area contributed by atoms with Crippen molar-refractivity contribution in [1.82, 2.24) is 9.62 Å². The van der Waals surface area contributed by atoms with Gasteiger partial charge in [0.1, 0.15) is 6.04 Å². The molecular formula is C18H23BrN2O3S2. The molecule has 1 aromatic heterocycles. The highest BCUT2D eigenvalue weighted by atomic mass is 79.9. The minimum atomic E-state index is -3.77. The second-order valence-corrected chi connectivity index (χ2v) is 10.8. The first-order valence-electron chi connectivity index (χ1n) is 8.18. The number of hydrogen-bond donors (Lipinski definition) is 1. The van der Waals surface area contributed by atoms with Crippen LogP contribution >= 0.6 is 27.3 Å². The first-order valence-corrected chi connectivity index (χ1v) is 11.3. The van der Waals surface area contributed by atoms with Crippen LogP contribution in [0, 0.1) is 12.8 Å². The van der Waals surface area contributed by atoms with Gasteiger partial charge in [-0.2, -0.15) is 4.72 Å².